The minimum absolute atomic E-state index is 0.0661. The number of para-hydroxylation sites is 1. The van der Waals surface area contributed by atoms with Crippen LogP contribution in [0, 0.1) is 0 Å². The smallest absolute Gasteiger partial charge is 0.123 e. The molecule has 0 saturated heterocycles. The molecule has 5 nitrogen and oxygen atoms in total. The van der Waals surface area contributed by atoms with Crippen LogP contribution in [0.4, 0.5) is 0 Å². The molecule has 0 amide bonds. The Morgan fingerprint density at radius 1 is 1.42 bits per heavy atom. The van der Waals surface area contributed by atoms with Crippen LogP contribution in [0.3, 0.4) is 0 Å². The third kappa shape index (κ3) is 3.33. The number of aromatic nitrogens is 2. The first-order chi connectivity index (χ1) is 9.24. The lowest BCUT2D eigenvalue weighted by Crippen LogP contribution is -2.28. The zero-order valence-corrected chi connectivity index (χ0v) is 11.3. The maximum atomic E-state index is 5.67. The average Bonchev–Trinajstić information content (AvgIpc) is 2.86. The van der Waals surface area contributed by atoms with E-state index in [1.807, 2.05) is 48.4 Å². The van der Waals surface area contributed by atoms with Gasteiger partial charge in [0, 0.05) is 24.8 Å². The number of hydrazine groups is 1. The monoisotopic (exact) mass is 260 g/mol. The van der Waals surface area contributed by atoms with E-state index in [2.05, 4.69) is 10.5 Å². The van der Waals surface area contributed by atoms with Crippen LogP contribution in [-0.2, 0) is 13.5 Å². The van der Waals surface area contributed by atoms with Gasteiger partial charge < -0.3 is 4.74 Å². The molecule has 1 atom stereocenters. The zero-order valence-electron chi connectivity index (χ0n) is 11.3. The number of nitrogens with two attached hydrogens (primary N) is 1. The maximum absolute atomic E-state index is 5.67. The Labute approximate surface area is 113 Å². The lowest BCUT2D eigenvalue weighted by Gasteiger charge is -2.18. The van der Waals surface area contributed by atoms with Crippen LogP contribution in [0.2, 0.25) is 0 Å². The Morgan fingerprint density at radius 3 is 2.84 bits per heavy atom. The van der Waals surface area contributed by atoms with Gasteiger partial charge >= 0.3 is 0 Å². The Bertz CT molecular complexity index is 524. The fourth-order valence-electron chi connectivity index (χ4n) is 2.19. The van der Waals surface area contributed by atoms with Crippen molar-refractivity contribution in [1.29, 1.82) is 0 Å². The largest absolute Gasteiger partial charge is 0.496 e. The van der Waals surface area contributed by atoms with Crippen molar-refractivity contribution in [2.75, 3.05) is 7.11 Å². The standard InChI is InChI=1S/C14H20N4O/c1-18-10-11(9-16-18)7-8-13(17-15)12-5-3-4-6-14(12)19-2/h3-6,9-10,13,17H,7-8,15H2,1-2H3. The summed E-state index contributed by atoms with van der Waals surface area (Å²) in [6.07, 6.45) is 5.72. The van der Waals surface area contributed by atoms with Gasteiger partial charge in [0.2, 0.25) is 0 Å². The van der Waals surface area contributed by atoms with Gasteiger partial charge in [-0.1, -0.05) is 18.2 Å². The number of rotatable bonds is 6. The molecule has 0 fully saturated rings. The topological polar surface area (TPSA) is 65.1 Å². The highest BCUT2D eigenvalue weighted by atomic mass is 16.5. The molecule has 1 unspecified atom stereocenters. The third-order valence-electron chi connectivity index (χ3n) is 3.20. The summed E-state index contributed by atoms with van der Waals surface area (Å²) in [4.78, 5) is 0. The van der Waals surface area contributed by atoms with Crippen LogP contribution in [-0.4, -0.2) is 16.9 Å². The number of aryl methyl sites for hydroxylation is 2. The molecule has 5 heteroatoms. The normalized spacial score (nSPS) is 12.4. The molecule has 1 aromatic heterocycles. The number of nitrogens with zero attached hydrogens (tertiary/aromatic N) is 2. The molecule has 0 aliphatic heterocycles. The summed E-state index contributed by atoms with van der Waals surface area (Å²) in [7, 11) is 3.59. The minimum Gasteiger partial charge on any atom is -0.496 e. The van der Waals surface area contributed by atoms with E-state index in [1.165, 1.54) is 5.56 Å². The highest BCUT2D eigenvalue weighted by Crippen LogP contribution is 2.27. The average molecular weight is 260 g/mol. The van der Waals surface area contributed by atoms with Gasteiger partial charge in [0.25, 0.3) is 0 Å². The van der Waals surface area contributed by atoms with Gasteiger partial charge in [0.1, 0.15) is 5.75 Å². The Balaban J connectivity index is 2.07. The molecule has 0 saturated carbocycles. The van der Waals surface area contributed by atoms with Gasteiger partial charge in [-0.05, 0) is 24.5 Å². The van der Waals surface area contributed by atoms with Crippen molar-refractivity contribution in [3.63, 3.8) is 0 Å². The molecular weight excluding hydrogens is 240 g/mol. The number of methoxy groups -OCH3 is 1. The van der Waals surface area contributed by atoms with Crippen LogP contribution in [0.1, 0.15) is 23.6 Å². The summed E-state index contributed by atoms with van der Waals surface area (Å²) in [5.41, 5.74) is 5.15. The summed E-state index contributed by atoms with van der Waals surface area (Å²) in [6, 6.07) is 8.00. The second-order valence-corrected chi connectivity index (χ2v) is 4.52. The quantitative estimate of drug-likeness (QED) is 0.611. The van der Waals surface area contributed by atoms with E-state index in [4.69, 9.17) is 10.6 Å². The Kier molecular flexibility index (Phi) is 4.54. The van der Waals surface area contributed by atoms with Crippen molar-refractivity contribution < 1.29 is 4.74 Å². The molecule has 0 radical (unpaired) electrons. The molecule has 19 heavy (non-hydrogen) atoms. The summed E-state index contributed by atoms with van der Waals surface area (Å²) < 4.78 is 7.18. The number of hydrogen-bond donors (Lipinski definition) is 2. The fraction of sp³-hybridized carbons (Fsp3) is 0.357. The Morgan fingerprint density at radius 2 is 2.21 bits per heavy atom. The Hall–Kier alpha value is -1.85. The summed E-state index contributed by atoms with van der Waals surface area (Å²) in [5.74, 6) is 6.53. The molecule has 0 aliphatic rings. The van der Waals surface area contributed by atoms with E-state index in [-0.39, 0.29) is 6.04 Å². The van der Waals surface area contributed by atoms with Crippen LogP contribution < -0.4 is 16.0 Å². The van der Waals surface area contributed by atoms with E-state index in [1.54, 1.807) is 7.11 Å². The molecule has 0 aliphatic carbocycles. The van der Waals surface area contributed by atoms with Gasteiger partial charge in [0.05, 0.1) is 13.3 Å². The van der Waals surface area contributed by atoms with Gasteiger partial charge in [-0.3, -0.25) is 16.0 Å². The van der Waals surface area contributed by atoms with Crippen LogP contribution in [0.5, 0.6) is 5.75 Å². The van der Waals surface area contributed by atoms with Crippen LogP contribution >= 0.6 is 0 Å². The van der Waals surface area contributed by atoms with Gasteiger partial charge in [-0.2, -0.15) is 5.10 Å². The second kappa shape index (κ2) is 6.36. The van der Waals surface area contributed by atoms with Crippen molar-refractivity contribution in [3.8, 4) is 5.75 Å². The van der Waals surface area contributed by atoms with Crippen molar-refractivity contribution in [2.24, 2.45) is 12.9 Å². The first-order valence-corrected chi connectivity index (χ1v) is 6.31. The first-order valence-electron chi connectivity index (χ1n) is 6.31. The van der Waals surface area contributed by atoms with E-state index >= 15 is 0 Å². The molecule has 0 bridgehead atoms. The van der Waals surface area contributed by atoms with Crippen molar-refractivity contribution in [2.45, 2.75) is 18.9 Å². The second-order valence-electron chi connectivity index (χ2n) is 4.52. The zero-order chi connectivity index (χ0) is 13.7. The van der Waals surface area contributed by atoms with Crippen molar-refractivity contribution in [1.82, 2.24) is 15.2 Å². The van der Waals surface area contributed by atoms with Gasteiger partial charge in [0.15, 0.2) is 0 Å². The number of ether oxygens (including phenoxy) is 1. The number of nitrogens with one attached hydrogen (secondary N) is 1. The molecule has 3 N–H and O–H groups in total. The van der Waals surface area contributed by atoms with E-state index < -0.39 is 0 Å². The highest BCUT2D eigenvalue weighted by Gasteiger charge is 2.14. The maximum Gasteiger partial charge on any atom is 0.123 e. The highest BCUT2D eigenvalue weighted by molar-refractivity contribution is 5.35. The summed E-state index contributed by atoms with van der Waals surface area (Å²) in [6.45, 7) is 0. The van der Waals surface area contributed by atoms with Crippen molar-refractivity contribution >= 4 is 0 Å². The first kappa shape index (κ1) is 13.6. The fourth-order valence-corrected chi connectivity index (χ4v) is 2.19. The lowest BCUT2D eigenvalue weighted by molar-refractivity contribution is 0.396. The predicted molar refractivity (Wildman–Crippen MR) is 74.6 cm³/mol. The summed E-state index contributed by atoms with van der Waals surface area (Å²) in [5, 5.41) is 4.17. The molecule has 1 aromatic carbocycles. The number of benzene rings is 1. The molecular formula is C14H20N4O. The summed E-state index contributed by atoms with van der Waals surface area (Å²) >= 11 is 0. The molecule has 2 aromatic rings. The minimum atomic E-state index is 0.0661. The van der Waals surface area contributed by atoms with Gasteiger partial charge in [-0.15, -0.1) is 0 Å². The van der Waals surface area contributed by atoms with E-state index in [0.29, 0.717) is 0 Å². The van der Waals surface area contributed by atoms with E-state index in [9.17, 15) is 0 Å². The van der Waals surface area contributed by atoms with E-state index in [0.717, 1.165) is 24.2 Å². The number of hydrogen-bond acceptors (Lipinski definition) is 4. The predicted octanol–water partition coefficient (Wildman–Crippen LogP) is 1.57. The SMILES string of the molecule is COc1ccccc1C(CCc1cnn(C)c1)NN. The lowest BCUT2D eigenvalue weighted by atomic mass is 10.00. The third-order valence-corrected chi connectivity index (χ3v) is 3.20. The van der Waals surface area contributed by atoms with Gasteiger partial charge in [-0.25, -0.2) is 0 Å². The molecule has 2 rings (SSSR count). The molecule has 102 valence electrons. The molecule has 0 spiro atoms. The van der Waals surface area contributed by atoms with Crippen LogP contribution in [0.15, 0.2) is 36.7 Å². The van der Waals surface area contributed by atoms with Crippen molar-refractivity contribution in [3.05, 3.63) is 47.8 Å². The molecule has 1 heterocycles. The van der Waals surface area contributed by atoms with Crippen LogP contribution in [0.25, 0.3) is 0 Å².